The molecule has 7 heteroatoms. The fourth-order valence-corrected chi connectivity index (χ4v) is 3.64. The smallest absolute Gasteiger partial charge is 0.143 e. The van der Waals surface area contributed by atoms with Gasteiger partial charge in [0.25, 0.3) is 0 Å². The topological polar surface area (TPSA) is 99.4 Å². The van der Waals surface area contributed by atoms with Crippen LogP contribution in [0, 0.1) is 5.92 Å². The van der Waals surface area contributed by atoms with Gasteiger partial charge >= 0.3 is 0 Å². The number of hydrogen-bond donors (Lipinski definition) is 3. The molecule has 1 aromatic carbocycles. The second-order valence-corrected chi connectivity index (χ2v) is 6.46. The van der Waals surface area contributed by atoms with Crippen molar-refractivity contribution in [2.24, 2.45) is 5.92 Å². The molecule has 0 radical (unpaired) electrons. The Hall–Kier alpha value is -3.22. The number of fused-ring (bicyclic) bond motifs is 4. The van der Waals surface area contributed by atoms with E-state index in [9.17, 15) is 4.79 Å². The number of nitrogens with one attached hydrogen (secondary N) is 3. The molecule has 7 nitrogen and oxygen atoms in total. The predicted molar refractivity (Wildman–Crippen MR) is 94.8 cm³/mol. The number of anilines is 2. The van der Waals surface area contributed by atoms with Gasteiger partial charge in [-0.25, -0.2) is 9.97 Å². The molecule has 0 bridgehead atoms. The van der Waals surface area contributed by atoms with Crippen molar-refractivity contribution in [3.63, 3.8) is 0 Å². The molecular formula is C18H16N6O. The lowest BCUT2D eigenvalue weighted by Crippen LogP contribution is -2.14. The number of aromatic nitrogens is 5. The highest BCUT2D eigenvalue weighted by atomic mass is 16.1. The lowest BCUT2D eigenvalue weighted by Gasteiger charge is -2.17. The lowest BCUT2D eigenvalue weighted by molar-refractivity contribution is -0.111. The first-order valence-corrected chi connectivity index (χ1v) is 8.31. The summed E-state index contributed by atoms with van der Waals surface area (Å²) in [4.78, 5) is 23.4. The summed E-state index contributed by atoms with van der Waals surface area (Å²) < 4.78 is 0. The van der Waals surface area contributed by atoms with Crippen LogP contribution in [0.25, 0.3) is 21.9 Å². The quantitative estimate of drug-likeness (QED) is 0.501. The molecule has 0 saturated heterocycles. The second-order valence-electron chi connectivity index (χ2n) is 6.46. The number of nitrogens with zero attached hydrogens (tertiary/aromatic N) is 3. The molecule has 5 rings (SSSR count). The predicted octanol–water partition coefficient (Wildman–Crippen LogP) is 2.88. The van der Waals surface area contributed by atoms with Gasteiger partial charge in [-0.2, -0.15) is 5.10 Å². The number of aryl methyl sites for hydroxylation is 1. The van der Waals surface area contributed by atoms with Crippen LogP contribution in [0.5, 0.6) is 0 Å². The van der Waals surface area contributed by atoms with Crippen molar-refractivity contribution in [1.82, 2.24) is 25.1 Å². The standard InChI is InChI=1S/C18H16N6O/c25-8-10-1-3-15-13(5-10)16-17(19-9-20-18(16)23-15)22-12-2-4-14-11(6-12)7-21-24-14/h2,4,6-10H,1,3,5H2,(H,21,24)(H2,19,20,22,23). The minimum Gasteiger partial charge on any atom is -0.343 e. The van der Waals surface area contributed by atoms with E-state index in [4.69, 9.17) is 0 Å². The molecular weight excluding hydrogens is 316 g/mol. The molecule has 25 heavy (non-hydrogen) atoms. The fraction of sp³-hybridized carbons (Fsp3) is 0.222. The van der Waals surface area contributed by atoms with Crippen LogP contribution in [0.15, 0.2) is 30.7 Å². The van der Waals surface area contributed by atoms with E-state index in [1.54, 1.807) is 12.5 Å². The summed E-state index contributed by atoms with van der Waals surface area (Å²) in [6, 6.07) is 6.00. The number of carbonyl (C=O) groups excluding carboxylic acids is 1. The average Bonchev–Trinajstić information content (AvgIpc) is 3.25. The van der Waals surface area contributed by atoms with Crippen molar-refractivity contribution >= 4 is 39.7 Å². The first kappa shape index (κ1) is 14.2. The zero-order valence-corrected chi connectivity index (χ0v) is 13.4. The molecule has 0 aliphatic heterocycles. The molecule has 1 atom stereocenters. The van der Waals surface area contributed by atoms with Gasteiger partial charge in [-0.15, -0.1) is 0 Å². The number of H-pyrrole nitrogens is 2. The Bertz CT molecular complexity index is 1100. The lowest BCUT2D eigenvalue weighted by atomic mass is 9.87. The number of aldehydes is 1. The minimum absolute atomic E-state index is 0.0711. The van der Waals surface area contributed by atoms with Crippen molar-refractivity contribution in [3.8, 4) is 0 Å². The van der Waals surface area contributed by atoms with Gasteiger partial charge in [-0.1, -0.05) is 0 Å². The van der Waals surface area contributed by atoms with Crippen LogP contribution in [0.1, 0.15) is 17.7 Å². The van der Waals surface area contributed by atoms with E-state index < -0.39 is 0 Å². The first-order valence-electron chi connectivity index (χ1n) is 8.31. The van der Waals surface area contributed by atoms with Crippen LogP contribution >= 0.6 is 0 Å². The van der Waals surface area contributed by atoms with E-state index in [1.807, 2.05) is 18.2 Å². The van der Waals surface area contributed by atoms with E-state index in [0.717, 1.165) is 64.6 Å². The normalized spacial score (nSPS) is 16.9. The zero-order chi connectivity index (χ0) is 16.8. The van der Waals surface area contributed by atoms with Crippen LogP contribution in [0.2, 0.25) is 0 Å². The summed E-state index contributed by atoms with van der Waals surface area (Å²) in [5.41, 5.74) is 5.07. The maximum atomic E-state index is 11.2. The molecule has 1 aliphatic carbocycles. The summed E-state index contributed by atoms with van der Waals surface area (Å²) in [7, 11) is 0. The molecule has 0 spiro atoms. The highest BCUT2D eigenvalue weighted by Crippen LogP contribution is 2.34. The van der Waals surface area contributed by atoms with Crippen LogP contribution in [-0.4, -0.2) is 31.4 Å². The van der Waals surface area contributed by atoms with Gasteiger partial charge in [0.1, 0.15) is 24.1 Å². The number of benzene rings is 1. The van der Waals surface area contributed by atoms with Crippen molar-refractivity contribution in [2.75, 3.05) is 5.32 Å². The Balaban J connectivity index is 1.60. The number of carbonyl (C=O) groups is 1. The number of aromatic amines is 2. The van der Waals surface area contributed by atoms with E-state index in [1.165, 1.54) is 5.69 Å². The molecule has 3 aromatic heterocycles. The van der Waals surface area contributed by atoms with E-state index in [-0.39, 0.29) is 5.92 Å². The molecule has 3 heterocycles. The van der Waals surface area contributed by atoms with Gasteiger partial charge in [0, 0.05) is 22.7 Å². The van der Waals surface area contributed by atoms with Crippen molar-refractivity contribution < 1.29 is 4.79 Å². The average molecular weight is 332 g/mol. The molecule has 0 fully saturated rings. The van der Waals surface area contributed by atoms with Crippen molar-refractivity contribution in [2.45, 2.75) is 19.3 Å². The Morgan fingerprint density at radius 1 is 1.28 bits per heavy atom. The molecule has 1 aliphatic rings. The number of hydrogen-bond acceptors (Lipinski definition) is 5. The second kappa shape index (κ2) is 5.41. The highest BCUT2D eigenvalue weighted by Gasteiger charge is 2.24. The third kappa shape index (κ3) is 2.27. The third-order valence-corrected chi connectivity index (χ3v) is 4.91. The Morgan fingerprint density at radius 2 is 2.24 bits per heavy atom. The summed E-state index contributed by atoms with van der Waals surface area (Å²) in [5, 5.41) is 12.4. The molecule has 0 saturated carbocycles. The molecule has 3 N–H and O–H groups in total. The number of rotatable bonds is 3. The maximum absolute atomic E-state index is 11.2. The van der Waals surface area contributed by atoms with E-state index in [2.05, 4.69) is 30.5 Å². The Morgan fingerprint density at radius 3 is 3.16 bits per heavy atom. The van der Waals surface area contributed by atoms with Gasteiger partial charge in [-0.05, 0) is 43.0 Å². The van der Waals surface area contributed by atoms with Gasteiger partial charge in [0.15, 0.2) is 0 Å². The van der Waals surface area contributed by atoms with Crippen molar-refractivity contribution in [3.05, 3.63) is 42.0 Å². The summed E-state index contributed by atoms with van der Waals surface area (Å²) in [5.74, 6) is 0.832. The Labute approximate surface area is 142 Å². The van der Waals surface area contributed by atoms with Crippen LogP contribution in [0.4, 0.5) is 11.5 Å². The van der Waals surface area contributed by atoms with Gasteiger partial charge < -0.3 is 15.1 Å². The van der Waals surface area contributed by atoms with E-state index in [0.29, 0.717) is 0 Å². The van der Waals surface area contributed by atoms with Gasteiger partial charge in [0.2, 0.25) is 0 Å². The minimum atomic E-state index is 0.0711. The summed E-state index contributed by atoms with van der Waals surface area (Å²) in [6.07, 6.45) is 6.91. The van der Waals surface area contributed by atoms with Gasteiger partial charge in [0.05, 0.1) is 17.1 Å². The summed E-state index contributed by atoms with van der Waals surface area (Å²) >= 11 is 0. The van der Waals surface area contributed by atoms with Crippen molar-refractivity contribution in [1.29, 1.82) is 0 Å². The fourth-order valence-electron chi connectivity index (χ4n) is 3.64. The SMILES string of the molecule is O=CC1CCc2[nH]c3ncnc(Nc4ccc5[nH]ncc5c4)c3c2C1. The van der Waals surface area contributed by atoms with Crippen LogP contribution in [0.3, 0.4) is 0 Å². The highest BCUT2D eigenvalue weighted by molar-refractivity contribution is 5.94. The monoisotopic (exact) mass is 332 g/mol. The molecule has 124 valence electrons. The van der Waals surface area contributed by atoms with Gasteiger partial charge in [-0.3, -0.25) is 5.10 Å². The Kier molecular flexibility index (Phi) is 3.06. The van der Waals surface area contributed by atoms with Crippen LogP contribution in [-0.2, 0) is 17.6 Å². The molecule has 4 aromatic rings. The largest absolute Gasteiger partial charge is 0.343 e. The molecule has 1 unspecified atom stereocenters. The summed E-state index contributed by atoms with van der Waals surface area (Å²) in [6.45, 7) is 0. The first-order chi connectivity index (χ1) is 12.3. The van der Waals surface area contributed by atoms with Crippen LogP contribution < -0.4 is 5.32 Å². The zero-order valence-electron chi connectivity index (χ0n) is 13.4. The van der Waals surface area contributed by atoms with E-state index >= 15 is 0 Å². The maximum Gasteiger partial charge on any atom is 0.143 e. The molecule has 0 amide bonds. The third-order valence-electron chi connectivity index (χ3n) is 4.91.